The average Bonchev–Trinajstić information content (AvgIpc) is 2.72. The molecule has 1 N–H and O–H groups in total. The van der Waals surface area contributed by atoms with E-state index in [0.717, 1.165) is 25.8 Å². The molecule has 0 aromatic heterocycles. The molecule has 190 valence electrons. The van der Waals surface area contributed by atoms with Crippen molar-refractivity contribution in [2.45, 2.75) is 113 Å². The molecule has 0 spiro atoms. The van der Waals surface area contributed by atoms with Crippen molar-refractivity contribution in [1.29, 1.82) is 0 Å². The summed E-state index contributed by atoms with van der Waals surface area (Å²) in [5.41, 5.74) is 0.190. The molecule has 6 nitrogen and oxygen atoms in total. The highest BCUT2D eigenvalue weighted by Crippen LogP contribution is 2.27. The van der Waals surface area contributed by atoms with E-state index in [2.05, 4.69) is 31.0 Å². The zero-order valence-corrected chi connectivity index (χ0v) is 23.0. The molecule has 6 heteroatoms. The number of nitrogens with zero attached hydrogens (tertiary/aromatic N) is 2. The number of carbonyl (C=O) groups excluding carboxylic acids is 3. The van der Waals surface area contributed by atoms with Crippen LogP contribution in [0, 0.1) is 17.3 Å². The summed E-state index contributed by atoms with van der Waals surface area (Å²) in [6.07, 6.45) is 4.82. The Kier molecular flexibility index (Phi) is 10.8. The van der Waals surface area contributed by atoms with Crippen molar-refractivity contribution in [2.24, 2.45) is 17.3 Å². The predicted molar refractivity (Wildman–Crippen MR) is 136 cm³/mol. The van der Waals surface area contributed by atoms with Crippen molar-refractivity contribution >= 4 is 17.6 Å². The van der Waals surface area contributed by atoms with Crippen molar-refractivity contribution in [3.05, 3.63) is 11.6 Å². The first kappa shape index (κ1) is 29.3. The van der Waals surface area contributed by atoms with Gasteiger partial charge in [-0.05, 0) is 63.0 Å². The fourth-order valence-corrected chi connectivity index (χ4v) is 4.47. The molecular weight excluding hydrogens is 414 g/mol. The lowest BCUT2D eigenvalue weighted by Crippen LogP contribution is -2.61. The summed E-state index contributed by atoms with van der Waals surface area (Å²) in [7, 11) is 1.77. The molecule has 0 aromatic carbocycles. The van der Waals surface area contributed by atoms with Gasteiger partial charge in [-0.1, -0.05) is 61.0 Å². The van der Waals surface area contributed by atoms with E-state index in [9.17, 15) is 14.4 Å². The van der Waals surface area contributed by atoms with Gasteiger partial charge in [0, 0.05) is 13.1 Å². The lowest BCUT2D eigenvalue weighted by atomic mass is 9.84. The van der Waals surface area contributed by atoms with E-state index >= 15 is 0 Å². The van der Waals surface area contributed by atoms with Crippen molar-refractivity contribution in [2.75, 3.05) is 13.6 Å². The van der Waals surface area contributed by atoms with Crippen molar-refractivity contribution in [3.8, 4) is 0 Å². The number of hydrogen-bond acceptors (Lipinski definition) is 4. The molecule has 1 aliphatic rings. The van der Waals surface area contributed by atoms with E-state index in [0.29, 0.717) is 17.5 Å². The van der Waals surface area contributed by atoms with Gasteiger partial charge in [0.15, 0.2) is 5.78 Å². The molecule has 1 fully saturated rings. The van der Waals surface area contributed by atoms with Gasteiger partial charge in [-0.3, -0.25) is 19.3 Å². The molecule has 0 bridgehead atoms. The lowest BCUT2D eigenvalue weighted by molar-refractivity contribution is -0.142. The molecule has 0 aliphatic carbocycles. The van der Waals surface area contributed by atoms with Gasteiger partial charge >= 0.3 is 0 Å². The fraction of sp³-hybridized carbons (Fsp3) is 0.815. The maximum Gasteiger partial charge on any atom is 0.245 e. The topological polar surface area (TPSA) is 69.7 Å². The predicted octanol–water partition coefficient (Wildman–Crippen LogP) is 4.43. The molecule has 1 heterocycles. The summed E-state index contributed by atoms with van der Waals surface area (Å²) in [6, 6.07) is -0.784. The number of rotatable bonds is 9. The number of Topliss-reactive ketones (excluding diaryl/α,β-unsaturated/α-hetero) is 1. The third-order valence-corrected chi connectivity index (χ3v) is 7.19. The zero-order chi connectivity index (χ0) is 25.7. The molecule has 33 heavy (non-hydrogen) atoms. The van der Waals surface area contributed by atoms with Gasteiger partial charge in [-0.15, -0.1) is 0 Å². The van der Waals surface area contributed by atoms with E-state index in [4.69, 9.17) is 0 Å². The molecule has 0 radical (unpaired) electrons. The van der Waals surface area contributed by atoms with Gasteiger partial charge in [-0.2, -0.15) is 0 Å². The van der Waals surface area contributed by atoms with Gasteiger partial charge in [-0.25, -0.2) is 0 Å². The Hall–Kier alpha value is -1.69. The maximum absolute atomic E-state index is 13.7. The van der Waals surface area contributed by atoms with Crippen LogP contribution in [0.2, 0.25) is 0 Å². The van der Waals surface area contributed by atoms with Gasteiger partial charge in [0.05, 0.1) is 12.1 Å². The number of amides is 2. The van der Waals surface area contributed by atoms with Crippen LogP contribution in [0.25, 0.3) is 0 Å². The number of allylic oxidation sites excluding steroid dienone is 1. The second-order valence-electron chi connectivity index (χ2n) is 11.6. The Balaban J connectivity index is 3.18. The van der Waals surface area contributed by atoms with Crippen LogP contribution in [0.5, 0.6) is 0 Å². The number of carbonyl (C=O) groups is 3. The fourth-order valence-electron chi connectivity index (χ4n) is 4.47. The van der Waals surface area contributed by atoms with Crippen LogP contribution in [0.3, 0.4) is 0 Å². The minimum atomic E-state index is -0.652. The number of ketones is 1. The highest BCUT2D eigenvalue weighted by molar-refractivity contribution is 5.93. The summed E-state index contributed by atoms with van der Waals surface area (Å²) < 4.78 is 0. The van der Waals surface area contributed by atoms with Crippen LogP contribution in [-0.4, -0.2) is 65.2 Å². The third-order valence-electron chi connectivity index (χ3n) is 7.19. The standard InChI is InChI=1S/C27H49N3O3/c1-17(2)20(6)30-15-13-12-14-22(30)25(32)28-24(27(8,9)10)26(33)29(11)23(18(3)4)16-19(5)21(7)31/h16-18,20,22-24H,12-15H2,1-11H3,(H,28,32)/b19-16+/t20?,22-,23-,24-/m1/s1. The second kappa shape index (κ2) is 12.1. The van der Waals surface area contributed by atoms with Crippen molar-refractivity contribution < 1.29 is 14.4 Å². The third kappa shape index (κ3) is 7.94. The smallest absolute Gasteiger partial charge is 0.245 e. The van der Waals surface area contributed by atoms with Gasteiger partial charge in [0.2, 0.25) is 11.8 Å². The molecule has 1 unspecified atom stereocenters. The van der Waals surface area contributed by atoms with E-state index in [1.165, 1.54) is 6.92 Å². The number of hydrogen-bond donors (Lipinski definition) is 1. The Morgan fingerprint density at radius 1 is 1.00 bits per heavy atom. The summed E-state index contributed by atoms with van der Waals surface area (Å²) in [6.45, 7) is 20.8. The number of likely N-dealkylation sites (N-methyl/N-ethyl adjacent to an activating group) is 1. The van der Waals surface area contributed by atoms with E-state index < -0.39 is 11.5 Å². The summed E-state index contributed by atoms with van der Waals surface area (Å²) in [4.78, 5) is 43.0. The van der Waals surface area contributed by atoms with Gasteiger partial charge in [0.25, 0.3) is 0 Å². The molecular formula is C27H49N3O3. The largest absolute Gasteiger partial charge is 0.342 e. The molecule has 1 rings (SSSR count). The van der Waals surface area contributed by atoms with Crippen molar-refractivity contribution in [3.63, 3.8) is 0 Å². The summed E-state index contributed by atoms with van der Waals surface area (Å²) in [5, 5.41) is 3.14. The van der Waals surface area contributed by atoms with Crippen LogP contribution < -0.4 is 5.32 Å². The first-order chi connectivity index (χ1) is 15.1. The average molecular weight is 464 g/mol. The maximum atomic E-state index is 13.7. The second-order valence-corrected chi connectivity index (χ2v) is 11.6. The van der Waals surface area contributed by atoms with E-state index in [1.807, 2.05) is 40.7 Å². The minimum Gasteiger partial charge on any atom is -0.342 e. The van der Waals surface area contributed by atoms with Gasteiger partial charge < -0.3 is 10.2 Å². The minimum absolute atomic E-state index is 0.00108. The normalized spacial score (nSPS) is 21.0. The van der Waals surface area contributed by atoms with Crippen LogP contribution in [0.4, 0.5) is 0 Å². The van der Waals surface area contributed by atoms with E-state index in [-0.39, 0.29) is 35.6 Å². The number of likely N-dealkylation sites (tertiary alicyclic amines) is 1. The van der Waals surface area contributed by atoms with Crippen LogP contribution >= 0.6 is 0 Å². The SMILES string of the molecule is CC(=O)/C(C)=C/[C@H](C(C)C)N(C)C(=O)[C@@H](NC(=O)[C@H]1CCCCN1C(C)C(C)C)C(C)(C)C. The van der Waals surface area contributed by atoms with Crippen LogP contribution in [0.15, 0.2) is 11.6 Å². The lowest BCUT2D eigenvalue weighted by Gasteiger charge is -2.42. The Morgan fingerprint density at radius 3 is 2.03 bits per heavy atom. The Bertz CT molecular complexity index is 721. The Labute approximate surface area is 202 Å². The van der Waals surface area contributed by atoms with Gasteiger partial charge in [0.1, 0.15) is 6.04 Å². The molecule has 0 aromatic rings. The van der Waals surface area contributed by atoms with Crippen LogP contribution in [-0.2, 0) is 14.4 Å². The summed E-state index contributed by atoms with van der Waals surface area (Å²) >= 11 is 0. The number of nitrogens with one attached hydrogen (secondary N) is 1. The highest BCUT2D eigenvalue weighted by atomic mass is 16.2. The molecule has 2 amide bonds. The monoisotopic (exact) mass is 463 g/mol. The van der Waals surface area contributed by atoms with E-state index in [1.54, 1.807) is 18.9 Å². The molecule has 0 saturated carbocycles. The summed E-state index contributed by atoms with van der Waals surface area (Å²) in [5.74, 6) is 0.402. The zero-order valence-electron chi connectivity index (χ0n) is 23.0. The quantitative estimate of drug-likeness (QED) is 0.514. The molecule has 4 atom stereocenters. The molecule has 1 saturated heterocycles. The highest BCUT2D eigenvalue weighted by Gasteiger charge is 2.40. The first-order valence-corrected chi connectivity index (χ1v) is 12.6. The first-order valence-electron chi connectivity index (χ1n) is 12.6. The molecule has 1 aliphatic heterocycles. The van der Waals surface area contributed by atoms with Crippen LogP contribution in [0.1, 0.15) is 88.5 Å². The Morgan fingerprint density at radius 2 is 1.58 bits per heavy atom. The number of piperidine rings is 1. The van der Waals surface area contributed by atoms with Crippen molar-refractivity contribution in [1.82, 2.24) is 15.1 Å².